The van der Waals surface area contributed by atoms with Gasteiger partial charge in [-0.2, -0.15) is 0 Å². The average Bonchev–Trinajstić information content (AvgIpc) is 2.99. The minimum atomic E-state index is -0.248. The van der Waals surface area contributed by atoms with E-state index in [9.17, 15) is 4.79 Å². The lowest BCUT2D eigenvalue weighted by molar-refractivity contribution is 0.102. The van der Waals surface area contributed by atoms with Crippen molar-refractivity contribution in [2.75, 3.05) is 36.5 Å². The Kier molecular flexibility index (Phi) is 4.85. The number of rotatable bonds is 4. The largest absolute Gasteiger partial charge is 0.445 e. The molecule has 1 saturated heterocycles. The molecule has 0 saturated carbocycles. The monoisotopic (exact) mass is 329 g/mol. The minimum absolute atomic E-state index is 0.151. The molecule has 0 unspecified atom stereocenters. The molecule has 128 valence electrons. The van der Waals surface area contributed by atoms with E-state index in [1.165, 1.54) is 0 Å². The van der Waals surface area contributed by atoms with Gasteiger partial charge in [-0.05, 0) is 31.2 Å². The molecule has 2 heterocycles. The molecular weight excluding hydrogens is 306 g/mol. The minimum Gasteiger partial charge on any atom is -0.445 e. The average molecular weight is 329 g/mol. The quantitative estimate of drug-likeness (QED) is 0.933. The summed E-state index contributed by atoms with van der Waals surface area (Å²) in [6, 6.07) is 7.83. The second kappa shape index (κ2) is 7.05. The summed E-state index contributed by atoms with van der Waals surface area (Å²) in [6.07, 6.45) is 0. The van der Waals surface area contributed by atoms with Gasteiger partial charge in [0.1, 0.15) is 5.76 Å². The summed E-state index contributed by atoms with van der Waals surface area (Å²) in [7, 11) is 0. The maximum Gasteiger partial charge on any atom is 0.277 e. The van der Waals surface area contributed by atoms with Gasteiger partial charge in [0.25, 0.3) is 5.91 Å². The molecule has 6 nitrogen and oxygen atoms in total. The number of benzene rings is 1. The van der Waals surface area contributed by atoms with Gasteiger partial charge in [-0.15, -0.1) is 0 Å². The molecule has 1 aromatic carbocycles. The number of hydrogen-bond donors (Lipinski definition) is 1. The van der Waals surface area contributed by atoms with Crippen LogP contribution in [0.2, 0.25) is 0 Å². The second-order valence-corrected chi connectivity index (χ2v) is 6.21. The van der Waals surface area contributed by atoms with Crippen molar-refractivity contribution in [1.29, 1.82) is 0 Å². The van der Waals surface area contributed by atoms with Crippen LogP contribution in [0.15, 0.2) is 28.7 Å². The van der Waals surface area contributed by atoms with Crippen LogP contribution in [-0.4, -0.2) is 37.2 Å². The van der Waals surface area contributed by atoms with E-state index < -0.39 is 0 Å². The van der Waals surface area contributed by atoms with Crippen molar-refractivity contribution < 1.29 is 13.9 Å². The summed E-state index contributed by atoms with van der Waals surface area (Å²) in [6.45, 7) is 9.01. The molecule has 1 N–H and O–H groups in total. The van der Waals surface area contributed by atoms with Crippen molar-refractivity contribution in [3.63, 3.8) is 0 Å². The Hall–Kier alpha value is -2.34. The van der Waals surface area contributed by atoms with Gasteiger partial charge in [0.05, 0.1) is 13.2 Å². The Morgan fingerprint density at radius 2 is 1.88 bits per heavy atom. The highest BCUT2D eigenvalue weighted by molar-refractivity contribution is 6.03. The third-order valence-corrected chi connectivity index (χ3v) is 4.02. The first-order valence-electron chi connectivity index (χ1n) is 8.26. The standard InChI is InChI=1S/C18H23N3O3/c1-12(2)18-20-16(13(3)24-18)17(22)19-14-4-6-15(7-5-14)21-8-10-23-11-9-21/h4-7,12H,8-11H2,1-3H3,(H,19,22). The molecule has 3 rings (SSSR count). The number of hydrogen-bond acceptors (Lipinski definition) is 5. The lowest BCUT2D eigenvalue weighted by Gasteiger charge is -2.28. The number of amides is 1. The van der Waals surface area contributed by atoms with Gasteiger partial charge in [0.2, 0.25) is 0 Å². The van der Waals surface area contributed by atoms with Crippen LogP contribution in [0.3, 0.4) is 0 Å². The lowest BCUT2D eigenvalue weighted by Crippen LogP contribution is -2.36. The number of nitrogens with zero attached hydrogens (tertiary/aromatic N) is 2. The first kappa shape index (κ1) is 16.5. The number of anilines is 2. The lowest BCUT2D eigenvalue weighted by atomic mass is 10.2. The van der Waals surface area contributed by atoms with Crippen LogP contribution in [0.4, 0.5) is 11.4 Å². The van der Waals surface area contributed by atoms with E-state index >= 15 is 0 Å². The van der Waals surface area contributed by atoms with Crippen LogP contribution < -0.4 is 10.2 Å². The van der Waals surface area contributed by atoms with Gasteiger partial charge in [0, 0.05) is 30.4 Å². The predicted octanol–water partition coefficient (Wildman–Crippen LogP) is 3.20. The Morgan fingerprint density at radius 1 is 1.21 bits per heavy atom. The fourth-order valence-corrected chi connectivity index (χ4v) is 2.64. The molecule has 0 bridgehead atoms. The molecule has 1 amide bonds. The summed E-state index contributed by atoms with van der Waals surface area (Å²) < 4.78 is 10.9. The molecule has 0 atom stereocenters. The smallest absolute Gasteiger partial charge is 0.277 e. The van der Waals surface area contributed by atoms with E-state index in [0.29, 0.717) is 17.3 Å². The summed E-state index contributed by atoms with van der Waals surface area (Å²) in [5, 5.41) is 2.88. The first-order chi connectivity index (χ1) is 11.5. The van der Waals surface area contributed by atoms with E-state index in [0.717, 1.165) is 37.7 Å². The van der Waals surface area contributed by atoms with Crippen molar-refractivity contribution in [2.24, 2.45) is 0 Å². The highest BCUT2D eigenvalue weighted by Gasteiger charge is 2.19. The van der Waals surface area contributed by atoms with E-state index in [2.05, 4.69) is 15.2 Å². The zero-order valence-electron chi connectivity index (χ0n) is 14.3. The topological polar surface area (TPSA) is 67.6 Å². The highest BCUT2D eigenvalue weighted by atomic mass is 16.5. The van der Waals surface area contributed by atoms with E-state index in [1.54, 1.807) is 6.92 Å². The van der Waals surface area contributed by atoms with Crippen molar-refractivity contribution in [3.8, 4) is 0 Å². The van der Waals surface area contributed by atoms with Crippen molar-refractivity contribution in [1.82, 2.24) is 4.98 Å². The normalized spacial score (nSPS) is 14.9. The predicted molar refractivity (Wildman–Crippen MR) is 92.8 cm³/mol. The number of nitrogens with one attached hydrogen (secondary N) is 1. The molecule has 1 fully saturated rings. The zero-order chi connectivity index (χ0) is 17.1. The number of carbonyl (C=O) groups is 1. The van der Waals surface area contributed by atoms with Crippen LogP contribution >= 0.6 is 0 Å². The molecule has 6 heteroatoms. The van der Waals surface area contributed by atoms with E-state index in [-0.39, 0.29) is 11.8 Å². The number of aryl methyl sites for hydroxylation is 1. The van der Waals surface area contributed by atoms with Crippen LogP contribution in [0.25, 0.3) is 0 Å². The molecular formula is C18H23N3O3. The molecule has 1 aliphatic rings. The summed E-state index contributed by atoms with van der Waals surface area (Å²) in [5.41, 5.74) is 2.22. The van der Waals surface area contributed by atoms with Gasteiger partial charge < -0.3 is 19.4 Å². The maximum absolute atomic E-state index is 12.4. The first-order valence-corrected chi connectivity index (χ1v) is 8.26. The number of ether oxygens (including phenoxy) is 1. The van der Waals surface area contributed by atoms with Crippen LogP contribution in [-0.2, 0) is 4.74 Å². The Labute approximate surface area is 141 Å². The molecule has 0 aliphatic carbocycles. The summed E-state index contributed by atoms with van der Waals surface area (Å²) in [5.74, 6) is 1.03. The fourth-order valence-electron chi connectivity index (χ4n) is 2.64. The van der Waals surface area contributed by atoms with Gasteiger partial charge in [-0.3, -0.25) is 4.79 Å². The van der Waals surface area contributed by atoms with E-state index in [4.69, 9.17) is 9.15 Å². The van der Waals surface area contributed by atoms with Crippen LogP contribution in [0.5, 0.6) is 0 Å². The molecule has 0 spiro atoms. The van der Waals surface area contributed by atoms with Crippen LogP contribution in [0, 0.1) is 6.92 Å². The second-order valence-electron chi connectivity index (χ2n) is 6.21. The molecule has 1 aromatic heterocycles. The number of carbonyl (C=O) groups excluding carboxylic acids is 1. The van der Waals surface area contributed by atoms with Gasteiger partial charge in [-0.1, -0.05) is 13.8 Å². The van der Waals surface area contributed by atoms with Gasteiger partial charge in [0.15, 0.2) is 11.6 Å². The maximum atomic E-state index is 12.4. The Morgan fingerprint density at radius 3 is 2.46 bits per heavy atom. The van der Waals surface area contributed by atoms with Crippen molar-refractivity contribution >= 4 is 17.3 Å². The summed E-state index contributed by atoms with van der Waals surface area (Å²) in [4.78, 5) is 19.0. The zero-order valence-corrected chi connectivity index (χ0v) is 14.3. The molecule has 2 aromatic rings. The van der Waals surface area contributed by atoms with Crippen LogP contribution in [0.1, 0.15) is 41.9 Å². The number of aromatic nitrogens is 1. The third-order valence-electron chi connectivity index (χ3n) is 4.02. The van der Waals surface area contributed by atoms with E-state index in [1.807, 2.05) is 38.1 Å². The molecule has 24 heavy (non-hydrogen) atoms. The highest BCUT2D eigenvalue weighted by Crippen LogP contribution is 2.21. The Bertz CT molecular complexity index is 701. The molecule has 1 aliphatic heterocycles. The SMILES string of the molecule is Cc1oc(C(C)C)nc1C(=O)Nc1ccc(N2CCOCC2)cc1. The van der Waals surface area contributed by atoms with Gasteiger partial charge in [-0.25, -0.2) is 4.98 Å². The van der Waals surface area contributed by atoms with Crippen molar-refractivity contribution in [2.45, 2.75) is 26.7 Å². The molecule has 0 radical (unpaired) electrons. The van der Waals surface area contributed by atoms with Crippen molar-refractivity contribution in [3.05, 3.63) is 41.6 Å². The fraction of sp³-hybridized carbons (Fsp3) is 0.444. The summed E-state index contributed by atoms with van der Waals surface area (Å²) >= 11 is 0. The number of morpholine rings is 1. The third kappa shape index (κ3) is 3.59. The van der Waals surface area contributed by atoms with Gasteiger partial charge >= 0.3 is 0 Å². The Balaban J connectivity index is 1.68. The number of oxazole rings is 1.